The summed E-state index contributed by atoms with van der Waals surface area (Å²) < 4.78 is 11.2. The lowest BCUT2D eigenvalue weighted by Crippen LogP contribution is -2.27. The summed E-state index contributed by atoms with van der Waals surface area (Å²) in [6.45, 7) is 1.88. The predicted octanol–water partition coefficient (Wildman–Crippen LogP) is 3.28. The van der Waals surface area contributed by atoms with Crippen molar-refractivity contribution in [1.29, 1.82) is 0 Å². The summed E-state index contributed by atoms with van der Waals surface area (Å²) in [6, 6.07) is 8.12. The SMILES string of the molecule is CN(Cc1ccsc1)C(=O)[C@H]1C[C@H]1c1ccc2c(c1)OCCO2. The van der Waals surface area contributed by atoms with E-state index < -0.39 is 0 Å². The number of thiophene rings is 1. The minimum atomic E-state index is 0.0983. The average molecular weight is 329 g/mol. The molecule has 1 saturated carbocycles. The predicted molar refractivity (Wildman–Crippen MR) is 89.1 cm³/mol. The Morgan fingerprint density at radius 3 is 2.87 bits per heavy atom. The zero-order valence-electron chi connectivity index (χ0n) is 13.0. The first-order chi connectivity index (χ1) is 11.2. The molecule has 2 heterocycles. The number of carbonyl (C=O) groups is 1. The second-order valence-electron chi connectivity index (χ2n) is 6.18. The second kappa shape index (κ2) is 5.89. The van der Waals surface area contributed by atoms with Crippen LogP contribution in [0.25, 0.3) is 0 Å². The van der Waals surface area contributed by atoms with Gasteiger partial charge in [0.05, 0.1) is 0 Å². The number of rotatable bonds is 4. The summed E-state index contributed by atoms with van der Waals surface area (Å²) in [5, 5.41) is 4.14. The first kappa shape index (κ1) is 14.6. The molecular formula is C18H19NO3S. The van der Waals surface area contributed by atoms with Crippen LogP contribution in [-0.4, -0.2) is 31.1 Å². The maximum Gasteiger partial charge on any atom is 0.226 e. The van der Waals surface area contributed by atoms with E-state index in [4.69, 9.17) is 9.47 Å². The van der Waals surface area contributed by atoms with Crippen molar-refractivity contribution in [3.63, 3.8) is 0 Å². The Kier molecular flexibility index (Phi) is 3.73. The Morgan fingerprint density at radius 2 is 2.09 bits per heavy atom. The van der Waals surface area contributed by atoms with E-state index in [0.717, 1.165) is 17.9 Å². The van der Waals surface area contributed by atoms with Gasteiger partial charge in [0.1, 0.15) is 13.2 Å². The fraction of sp³-hybridized carbons (Fsp3) is 0.389. The highest BCUT2D eigenvalue weighted by molar-refractivity contribution is 7.07. The number of hydrogen-bond donors (Lipinski definition) is 0. The largest absolute Gasteiger partial charge is 0.486 e. The van der Waals surface area contributed by atoms with Gasteiger partial charge >= 0.3 is 0 Å². The van der Waals surface area contributed by atoms with Crippen LogP contribution in [0.1, 0.15) is 23.5 Å². The number of amides is 1. The van der Waals surface area contributed by atoms with Crippen molar-refractivity contribution in [3.8, 4) is 11.5 Å². The van der Waals surface area contributed by atoms with Crippen LogP contribution in [0.4, 0.5) is 0 Å². The molecule has 5 heteroatoms. The van der Waals surface area contributed by atoms with Gasteiger partial charge in [-0.2, -0.15) is 11.3 Å². The summed E-state index contributed by atoms with van der Waals surface area (Å²) in [5.74, 6) is 2.25. The van der Waals surface area contributed by atoms with Crippen LogP contribution in [0.15, 0.2) is 35.0 Å². The van der Waals surface area contributed by atoms with E-state index in [0.29, 0.717) is 25.7 Å². The maximum absolute atomic E-state index is 12.6. The van der Waals surface area contributed by atoms with Gasteiger partial charge in [-0.15, -0.1) is 0 Å². The normalized spacial score (nSPS) is 21.8. The summed E-state index contributed by atoms with van der Waals surface area (Å²) in [6.07, 6.45) is 0.923. The third kappa shape index (κ3) is 2.93. The summed E-state index contributed by atoms with van der Waals surface area (Å²) >= 11 is 1.66. The van der Waals surface area contributed by atoms with Crippen LogP contribution in [0.3, 0.4) is 0 Å². The van der Waals surface area contributed by atoms with Crippen LogP contribution < -0.4 is 9.47 Å². The molecule has 0 N–H and O–H groups in total. The van der Waals surface area contributed by atoms with Gasteiger partial charge in [0.15, 0.2) is 11.5 Å². The quantitative estimate of drug-likeness (QED) is 0.864. The molecule has 4 rings (SSSR count). The number of fused-ring (bicyclic) bond motifs is 1. The molecule has 1 amide bonds. The lowest BCUT2D eigenvalue weighted by molar-refractivity contribution is -0.131. The molecule has 2 aromatic rings. The van der Waals surface area contributed by atoms with E-state index in [2.05, 4.69) is 17.5 Å². The molecule has 1 aromatic heterocycles. The van der Waals surface area contributed by atoms with Gasteiger partial charge in [0.25, 0.3) is 0 Å². The molecular weight excluding hydrogens is 310 g/mol. The zero-order valence-corrected chi connectivity index (χ0v) is 13.8. The smallest absolute Gasteiger partial charge is 0.226 e. The molecule has 23 heavy (non-hydrogen) atoms. The third-order valence-electron chi connectivity index (χ3n) is 4.48. The van der Waals surface area contributed by atoms with Crippen molar-refractivity contribution in [3.05, 3.63) is 46.2 Å². The highest BCUT2D eigenvalue weighted by Gasteiger charge is 2.45. The third-order valence-corrected chi connectivity index (χ3v) is 5.21. The Morgan fingerprint density at radius 1 is 1.26 bits per heavy atom. The molecule has 0 radical (unpaired) electrons. The summed E-state index contributed by atoms with van der Waals surface area (Å²) in [7, 11) is 1.89. The van der Waals surface area contributed by atoms with Crippen molar-refractivity contribution in [1.82, 2.24) is 4.90 Å². The standard InChI is InChI=1S/C18H19NO3S/c1-19(10-12-4-7-23-11-12)18(20)15-9-14(15)13-2-3-16-17(8-13)22-6-5-21-16/h2-4,7-8,11,14-15H,5-6,9-10H2,1H3/t14-,15-/m0/s1. The van der Waals surface area contributed by atoms with Crippen LogP contribution in [-0.2, 0) is 11.3 Å². The monoisotopic (exact) mass is 329 g/mol. The highest BCUT2D eigenvalue weighted by Crippen LogP contribution is 2.50. The number of carbonyl (C=O) groups excluding carboxylic acids is 1. The lowest BCUT2D eigenvalue weighted by Gasteiger charge is -2.19. The van der Waals surface area contributed by atoms with E-state index in [-0.39, 0.29) is 11.8 Å². The van der Waals surface area contributed by atoms with Gasteiger partial charge in [0, 0.05) is 19.5 Å². The minimum Gasteiger partial charge on any atom is -0.486 e. The average Bonchev–Trinajstić information content (AvgIpc) is 3.22. The second-order valence-corrected chi connectivity index (χ2v) is 6.96. The van der Waals surface area contributed by atoms with Crippen molar-refractivity contribution in [2.75, 3.05) is 20.3 Å². The first-order valence-electron chi connectivity index (χ1n) is 7.88. The molecule has 0 spiro atoms. The highest BCUT2D eigenvalue weighted by atomic mass is 32.1. The molecule has 0 bridgehead atoms. The van der Waals surface area contributed by atoms with Gasteiger partial charge in [-0.3, -0.25) is 4.79 Å². The molecule has 0 unspecified atom stereocenters. The van der Waals surface area contributed by atoms with Crippen molar-refractivity contribution in [2.45, 2.75) is 18.9 Å². The topological polar surface area (TPSA) is 38.8 Å². The molecule has 1 fully saturated rings. The van der Waals surface area contributed by atoms with Crippen LogP contribution in [0, 0.1) is 5.92 Å². The number of hydrogen-bond acceptors (Lipinski definition) is 4. The first-order valence-corrected chi connectivity index (χ1v) is 8.82. The van der Waals surface area contributed by atoms with E-state index in [1.54, 1.807) is 11.3 Å². The van der Waals surface area contributed by atoms with Crippen LogP contribution >= 0.6 is 11.3 Å². The molecule has 2 atom stereocenters. The van der Waals surface area contributed by atoms with Gasteiger partial charge in [-0.25, -0.2) is 0 Å². The van der Waals surface area contributed by atoms with Gasteiger partial charge < -0.3 is 14.4 Å². The van der Waals surface area contributed by atoms with Crippen molar-refractivity contribution in [2.24, 2.45) is 5.92 Å². The molecule has 4 nitrogen and oxygen atoms in total. The fourth-order valence-corrected chi connectivity index (χ4v) is 3.80. The fourth-order valence-electron chi connectivity index (χ4n) is 3.14. The molecule has 120 valence electrons. The van der Waals surface area contributed by atoms with E-state index >= 15 is 0 Å². The maximum atomic E-state index is 12.6. The molecule has 1 aliphatic carbocycles. The van der Waals surface area contributed by atoms with Gasteiger partial charge in [-0.1, -0.05) is 6.07 Å². The Bertz CT molecular complexity index is 713. The van der Waals surface area contributed by atoms with Gasteiger partial charge in [-0.05, 0) is 52.4 Å². The van der Waals surface area contributed by atoms with Crippen LogP contribution in [0.2, 0.25) is 0 Å². The molecule has 2 aliphatic rings. The Labute approximate surface area is 139 Å². The van der Waals surface area contributed by atoms with Crippen molar-refractivity contribution < 1.29 is 14.3 Å². The number of nitrogens with zero attached hydrogens (tertiary/aromatic N) is 1. The lowest BCUT2D eigenvalue weighted by atomic mass is 10.1. The minimum absolute atomic E-state index is 0.0983. The van der Waals surface area contributed by atoms with Crippen LogP contribution in [0.5, 0.6) is 11.5 Å². The van der Waals surface area contributed by atoms with E-state index in [1.807, 2.05) is 29.5 Å². The summed E-state index contributed by atoms with van der Waals surface area (Å²) in [4.78, 5) is 14.4. The Hall–Kier alpha value is -2.01. The number of ether oxygens (including phenoxy) is 2. The van der Waals surface area contributed by atoms with Gasteiger partial charge in [0.2, 0.25) is 5.91 Å². The molecule has 1 aliphatic heterocycles. The molecule has 0 saturated heterocycles. The van der Waals surface area contributed by atoms with Crippen molar-refractivity contribution >= 4 is 17.2 Å². The molecule has 1 aromatic carbocycles. The summed E-state index contributed by atoms with van der Waals surface area (Å²) in [5.41, 5.74) is 2.37. The Balaban J connectivity index is 1.42. The zero-order chi connectivity index (χ0) is 15.8. The van der Waals surface area contributed by atoms with E-state index in [9.17, 15) is 4.79 Å². The van der Waals surface area contributed by atoms with E-state index in [1.165, 1.54) is 11.1 Å². The number of benzene rings is 1.